The van der Waals surface area contributed by atoms with E-state index in [9.17, 15) is 42.3 Å². The van der Waals surface area contributed by atoms with E-state index >= 15 is 0 Å². The number of aliphatic carboxylic acids is 1. The van der Waals surface area contributed by atoms with E-state index in [2.05, 4.69) is 10.3 Å². The summed E-state index contributed by atoms with van der Waals surface area (Å²) in [5, 5.41) is 12.3. The number of imide groups is 1. The minimum atomic E-state index is -4.57. The number of nitrogens with zero attached hydrogens (tertiary/aromatic N) is 1. The first kappa shape index (κ1) is 29.6. The van der Waals surface area contributed by atoms with Gasteiger partial charge in [0.05, 0.1) is 22.4 Å². The predicted octanol–water partition coefficient (Wildman–Crippen LogP) is 4.03. The molecule has 15 heteroatoms. The topological polar surface area (TPSA) is 146 Å². The summed E-state index contributed by atoms with van der Waals surface area (Å²) in [6.45, 7) is -1.19. The lowest BCUT2D eigenvalue weighted by molar-refractivity contribution is -0.149. The maximum atomic E-state index is 13.4. The van der Waals surface area contributed by atoms with Crippen LogP contribution in [-0.4, -0.2) is 57.1 Å². The number of halogens is 3. The lowest BCUT2D eigenvalue weighted by Gasteiger charge is -2.43. The van der Waals surface area contributed by atoms with E-state index in [-0.39, 0.29) is 33.6 Å². The Labute approximate surface area is 261 Å². The summed E-state index contributed by atoms with van der Waals surface area (Å²) in [5.74, 6) is -4.89. The van der Waals surface area contributed by atoms with Gasteiger partial charge in [-0.2, -0.15) is 13.2 Å². The molecule has 1 aromatic heterocycles. The SMILES string of the molecule is O=C(O)CN1C(=O)C2C3CC(C2C1=O)C1C3Sc2[nH]c(=O)sc2[C@@H]1c1ccccc1OCC(=O)Nc1cccc(C(F)(F)F)c1. The molecule has 234 valence electrons. The number of rotatable bonds is 7. The molecule has 2 aromatic carbocycles. The Morgan fingerprint density at radius 2 is 1.78 bits per heavy atom. The Kier molecular flexibility index (Phi) is 7.07. The van der Waals surface area contributed by atoms with Gasteiger partial charge in [0.2, 0.25) is 11.8 Å². The number of aromatic amines is 1. The summed E-state index contributed by atoms with van der Waals surface area (Å²) < 4.78 is 45.3. The normalized spacial score (nSPS) is 28.1. The lowest BCUT2D eigenvalue weighted by atomic mass is 9.68. The molecule has 7 atom stereocenters. The molecule has 10 nitrogen and oxygen atoms in total. The largest absolute Gasteiger partial charge is 0.483 e. The highest BCUT2D eigenvalue weighted by Crippen LogP contribution is 2.69. The summed E-state index contributed by atoms with van der Waals surface area (Å²) in [4.78, 5) is 67.6. The Hall–Kier alpha value is -4.11. The van der Waals surface area contributed by atoms with Crippen LogP contribution < -0.4 is 14.9 Å². The number of carboxylic acids is 1. The average molecular weight is 660 g/mol. The third kappa shape index (κ3) is 4.92. The van der Waals surface area contributed by atoms with Crippen LogP contribution in [0.5, 0.6) is 5.75 Å². The van der Waals surface area contributed by atoms with E-state index in [4.69, 9.17) is 4.74 Å². The molecule has 3 aromatic rings. The molecule has 4 aliphatic rings. The molecule has 0 radical (unpaired) electrons. The molecular weight excluding hydrogens is 635 g/mol. The molecule has 1 saturated heterocycles. The fraction of sp³-hybridized carbons (Fsp3) is 0.367. The fourth-order valence-electron chi connectivity index (χ4n) is 7.70. The number of carboxylic acid groups (broad SMARTS) is 1. The van der Waals surface area contributed by atoms with Gasteiger partial charge >= 0.3 is 17.0 Å². The van der Waals surface area contributed by atoms with E-state index in [1.807, 2.05) is 6.07 Å². The van der Waals surface area contributed by atoms with Crippen molar-refractivity contribution in [3.05, 3.63) is 74.2 Å². The van der Waals surface area contributed by atoms with Gasteiger partial charge in [0, 0.05) is 27.3 Å². The molecule has 3 fully saturated rings. The second-order valence-electron chi connectivity index (χ2n) is 11.6. The number of carbonyl (C=O) groups is 4. The molecule has 45 heavy (non-hydrogen) atoms. The molecule has 2 aliphatic heterocycles. The number of para-hydroxylation sites is 1. The summed E-state index contributed by atoms with van der Waals surface area (Å²) >= 11 is 2.52. The molecule has 2 bridgehead atoms. The zero-order valence-electron chi connectivity index (χ0n) is 23.1. The number of likely N-dealkylation sites (tertiary alicyclic amines) is 1. The van der Waals surface area contributed by atoms with Gasteiger partial charge in [-0.05, 0) is 48.4 Å². The average Bonchev–Trinajstić information content (AvgIpc) is 3.72. The third-order valence-corrected chi connectivity index (χ3v) is 11.8. The van der Waals surface area contributed by atoms with Gasteiger partial charge in [-0.25, -0.2) is 0 Å². The molecule has 7 rings (SSSR count). The third-order valence-electron chi connectivity index (χ3n) is 9.20. The van der Waals surface area contributed by atoms with Gasteiger partial charge < -0.3 is 20.1 Å². The van der Waals surface area contributed by atoms with Gasteiger partial charge in [0.1, 0.15) is 12.3 Å². The minimum absolute atomic E-state index is 0.0372. The molecule has 3 N–H and O–H groups in total. The zero-order chi connectivity index (χ0) is 31.8. The molecular formula is C30H24F3N3O7S2. The van der Waals surface area contributed by atoms with Crippen molar-refractivity contribution in [3.63, 3.8) is 0 Å². The van der Waals surface area contributed by atoms with Crippen LogP contribution in [0.1, 0.15) is 28.3 Å². The Morgan fingerprint density at radius 1 is 1.04 bits per heavy atom. The van der Waals surface area contributed by atoms with Crippen molar-refractivity contribution in [2.45, 2.75) is 28.8 Å². The summed E-state index contributed by atoms with van der Waals surface area (Å²) in [6, 6.07) is 11.2. The first-order valence-corrected chi connectivity index (χ1v) is 15.8. The van der Waals surface area contributed by atoms with Crippen molar-refractivity contribution in [1.29, 1.82) is 0 Å². The number of benzene rings is 2. The van der Waals surface area contributed by atoms with E-state index in [0.717, 1.165) is 33.2 Å². The van der Waals surface area contributed by atoms with Crippen LogP contribution in [0, 0.1) is 29.6 Å². The van der Waals surface area contributed by atoms with E-state index in [1.54, 1.807) is 18.2 Å². The number of H-pyrrole nitrogens is 1. The van der Waals surface area contributed by atoms with Crippen molar-refractivity contribution >= 4 is 52.5 Å². The highest BCUT2D eigenvalue weighted by atomic mass is 32.2. The second kappa shape index (κ2) is 10.8. The van der Waals surface area contributed by atoms with Crippen molar-refractivity contribution in [3.8, 4) is 5.75 Å². The first-order chi connectivity index (χ1) is 21.4. The van der Waals surface area contributed by atoms with Crippen LogP contribution in [0.25, 0.3) is 0 Å². The van der Waals surface area contributed by atoms with Crippen molar-refractivity contribution in [2.75, 3.05) is 18.5 Å². The van der Waals surface area contributed by atoms with Crippen LogP contribution >= 0.6 is 23.1 Å². The van der Waals surface area contributed by atoms with E-state index in [1.165, 1.54) is 23.9 Å². The molecule has 6 unspecified atom stereocenters. The van der Waals surface area contributed by atoms with E-state index < -0.39 is 66.3 Å². The quantitative estimate of drug-likeness (QED) is 0.323. The standard InChI is InChI=1S/C30H24F3N3O7S2/c31-30(32,33)12-4-3-5-13(8-12)34-18(37)11-43-17-7-2-1-6-14(17)20-21-15-9-16(24(21)44-26-25(20)45-29(42)35-26)23-22(15)27(40)36(28(23)41)10-19(38)39/h1-8,15-16,20-24H,9-11H2,(H,34,37)(H,35,42)(H,38,39)/t15?,16?,20-,21?,22?,23?,24?/m1/s1. The molecule has 2 saturated carbocycles. The number of hydrogen-bond acceptors (Lipinski definition) is 8. The monoisotopic (exact) mass is 659 g/mol. The predicted molar refractivity (Wildman–Crippen MR) is 155 cm³/mol. The van der Waals surface area contributed by atoms with Gasteiger partial charge in [0.25, 0.3) is 5.91 Å². The Bertz CT molecular complexity index is 1810. The lowest BCUT2D eigenvalue weighted by Crippen LogP contribution is -2.42. The van der Waals surface area contributed by atoms with Crippen LogP contribution in [0.3, 0.4) is 0 Å². The second-order valence-corrected chi connectivity index (χ2v) is 13.8. The summed E-state index contributed by atoms with van der Waals surface area (Å²) in [5.41, 5.74) is -0.275. The number of fused-ring (bicyclic) bond motifs is 9. The molecule has 2 aliphatic carbocycles. The highest BCUT2D eigenvalue weighted by Gasteiger charge is 2.69. The first-order valence-electron chi connectivity index (χ1n) is 14.1. The number of amides is 3. The van der Waals surface area contributed by atoms with Gasteiger partial charge in [-0.15, -0.1) is 11.8 Å². The van der Waals surface area contributed by atoms with Crippen LogP contribution in [0.15, 0.2) is 58.4 Å². The smallest absolute Gasteiger partial charge is 0.416 e. The fourth-order valence-corrected chi connectivity index (χ4v) is 10.6. The number of ether oxygens (including phenoxy) is 1. The van der Waals surface area contributed by atoms with Gasteiger partial charge in [-0.3, -0.25) is 28.9 Å². The van der Waals surface area contributed by atoms with Crippen LogP contribution in [-0.2, 0) is 25.4 Å². The number of anilines is 1. The van der Waals surface area contributed by atoms with Crippen molar-refractivity contribution in [1.82, 2.24) is 9.88 Å². The maximum absolute atomic E-state index is 13.4. The number of hydrogen-bond donors (Lipinski definition) is 3. The highest BCUT2D eigenvalue weighted by molar-refractivity contribution is 8.00. The number of thiazole rings is 1. The molecule has 3 amide bonds. The Morgan fingerprint density at radius 3 is 2.51 bits per heavy atom. The summed E-state index contributed by atoms with van der Waals surface area (Å²) in [7, 11) is 0. The maximum Gasteiger partial charge on any atom is 0.416 e. The van der Waals surface area contributed by atoms with E-state index in [0.29, 0.717) is 22.8 Å². The minimum Gasteiger partial charge on any atom is -0.483 e. The molecule has 3 heterocycles. The van der Waals surface area contributed by atoms with Crippen molar-refractivity contribution < 1.29 is 42.2 Å². The zero-order valence-corrected chi connectivity index (χ0v) is 24.7. The number of aromatic nitrogens is 1. The number of thioether (sulfide) groups is 1. The van der Waals surface area contributed by atoms with Crippen molar-refractivity contribution in [2.24, 2.45) is 29.6 Å². The number of nitrogens with one attached hydrogen (secondary N) is 2. The molecule has 0 spiro atoms. The van der Waals surface area contributed by atoms with Crippen LogP contribution in [0.2, 0.25) is 0 Å². The Balaban J connectivity index is 1.18. The van der Waals surface area contributed by atoms with Gasteiger partial charge in [-0.1, -0.05) is 35.6 Å². The van der Waals surface area contributed by atoms with Gasteiger partial charge in [0.15, 0.2) is 6.61 Å². The number of carbonyl (C=O) groups excluding carboxylic acids is 3. The van der Waals surface area contributed by atoms with Crippen LogP contribution in [0.4, 0.5) is 18.9 Å². The summed E-state index contributed by atoms with van der Waals surface area (Å²) in [6.07, 6.45) is -3.97. The number of alkyl halides is 3.